The van der Waals surface area contributed by atoms with Crippen molar-refractivity contribution in [2.24, 2.45) is 0 Å². The standard InChI is InChI=1S/C64H40N2O2.C54H36N2O/c1-3-17-44(18-4-1)65(47-34-29-41-15-7-8-16-43(41)37-47)48-35-36-52-58-40-56-50-22-10-9-21-49(50)55(39-57(56)53-24-14-28-61(63(53)58)67-62(52)38-48)42-30-32-46(33-31-42)66(45-19-5-2-6-20-45)59-26-13-25-54-51-23-11-12-27-60(51)68-64(54)59;1-5-16-38(17-6-1)55(39-18-7-2-8-19-39)42-30-28-37(29-31-42)48-35-50-47-26-15-27-52-54(47)51(36-49(50)45-25-14-13-24-44(45)48)46-33-32-43(34-53(46)57-52)56(40-20-9-3-10-21-40)41-22-11-4-12-23-41/h1-40H;1-36H/i;1D,2D,3D,4D,5D,6D,7D,8D,9D,10D,11D,12D,16D,17D,18D,19D,20D,21D,22D,23D. The maximum atomic E-state index is 8.93. The summed E-state index contributed by atoms with van der Waals surface area (Å²) in [6.07, 6.45) is 0. The summed E-state index contributed by atoms with van der Waals surface area (Å²) in [6.45, 7) is 0. The van der Waals surface area contributed by atoms with Crippen LogP contribution in [0.5, 0.6) is 23.0 Å². The molecule has 22 aromatic carbocycles. The highest BCUT2D eigenvalue weighted by Gasteiger charge is 2.29. The Labute approximate surface area is 750 Å². The number of furan rings is 1. The molecular formula is C118H76N4O3. The molecule has 1 aromatic heterocycles. The fourth-order valence-corrected chi connectivity index (χ4v) is 18.3. The largest absolute Gasteiger partial charge is 0.456 e. The summed E-state index contributed by atoms with van der Waals surface area (Å²) >= 11 is 0. The molecule has 0 N–H and O–H groups in total. The Balaban J connectivity index is 0.000000157. The molecule has 0 unspecified atom stereocenters. The molecule has 0 aliphatic carbocycles. The van der Waals surface area contributed by atoms with Gasteiger partial charge in [0.2, 0.25) is 0 Å². The van der Waals surface area contributed by atoms with Crippen LogP contribution in [0.1, 0.15) is 27.4 Å². The van der Waals surface area contributed by atoms with Gasteiger partial charge in [-0.25, -0.2) is 0 Å². The first-order valence-electron chi connectivity index (χ1n) is 50.9. The molecule has 23 aromatic rings. The zero-order chi connectivity index (χ0) is 99.8. The minimum Gasteiger partial charge on any atom is -0.456 e. The number of fused-ring (bicyclic) bond motifs is 16. The van der Waals surface area contributed by atoms with E-state index >= 15 is 0 Å². The van der Waals surface area contributed by atoms with Crippen LogP contribution in [0.3, 0.4) is 0 Å². The van der Waals surface area contributed by atoms with Gasteiger partial charge in [0.1, 0.15) is 28.6 Å². The molecule has 0 spiro atoms. The highest BCUT2D eigenvalue weighted by Crippen LogP contribution is 2.56. The summed E-state index contributed by atoms with van der Waals surface area (Å²) in [5.74, 6) is 2.39. The van der Waals surface area contributed by atoms with E-state index in [1.165, 1.54) is 54.9 Å². The van der Waals surface area contributed by atoms with Crippen LogP contribution in [0, 0.1) is 0 Å². The third-order valence-electron chi connectivity index (χ3n) is 23.7. The number of ether oxygens (including phenoxy) is 2. The number of hydrogen-bond donors (Lipinski definition) is 0. The summed E-state index contributed by atoms with van der Waals surface area (Å²) in [5.41, 5.74) is 13.9. The van der Waals surface area contributed by atoms with Crippen LogP contribution in [-0.2, 0) is 0 Å². The molecule has 25 rings (SSSR count). The highest BCUT2D eigenvalue weighted by atomic mass is 16.5. The van der Waals surface area contributed by atoms with E-state index in [2.05, 4.69) is 240 Å². The van der Waals surface area contributed by atoms with Crippen LogP contribution in [-0.4, -0.2) is 0 Å². The van der Waals surface area contributed by atoms with Gasteiger partial charge in [0, 0.05) is 107 Å². The number of anilines is 12. The van der Waals surface area contributed by atoms with Crippen LogP contribution >= 0.6 is 0 Å². The van der Waals surface area contributed by atoms with Gasteiger partial charge in [-0.05, 0) is 280 Å². The predicted molar refractivity (Wildman–Crippen MR) is 523 cm³/mol. The van der Waals surface area contributed by atoms with Crippen LogP contribution in [0.4, 0.5) is 68.2 Å². The summed E-state index contributed by atoms with van der Waals surface area (Å²) in [4.78, 5) is 6.78. The minimum absolute atomic E-state index is 0.0723. The molecule has 0 saturated carbocycles. The number of nitrogens with zero attached hydrogens (tertiary/aromatic N) is 4. The van der Waals surface area contributed by atoms with E-state index in [0.29, 0.717) is 16.9 Å². The van der Waals surface area contributed by atoms with Gasteiger partial charge in [0.15, 0.2) is 5.58 Å². The number of rotatable bonds is 14. The second kappa shape index (κ2) is 30.2. The number of benzene rings is 22. The SMILES string of the molecule is [2H]c1c([2H])c([2H])c(N(c2ccc(-c3cc4c5cccc6c5c(cc4c4ccccc34)-c3ccc(N(c4c([2H])c([2H])c([2H])c([2H])c4[2H])c4c([2H])c([2H])c([2H])c([2H])c4[2H])cc3O6)cc2)c2c([2H])c([2H])c([2H])c([2H])c2[2H])c([2H])c1[2H].c1ccc(N(c2ccc3c(c2)Oc2cccc4c2c-3cc2c3ccccc3c(-c3ccc(N(c5ccccc5)c5cccc6c5oc5ccccc56)cc3)cc42)c2ccc3ccccc3c2)cc1. The second-order valence-electron chi connectivity index (χ2n) is 30.7. The van der Waals surface area contributed by atoms with Crippen molar-refractivity contribution >= 4 is 166 Å². The molecule has 0 atom stereocenters. The van der Waals surface area contributed by atoms with E-state index in [4.69, 9.17) is 41.3 Å². The van der Waals surface area contributed by atoms with Crippen molar-refractivity contribution in [2.75, 3.05) is 19.6 Å². The first-order chi connectivity index (χ1) is 70.3. The lowest BCUT2D eigenvalue weighted by Gasteiger charge is -2.28. The van der Waals surface area contributed by atoms with E-state index in [-0.39, 0.29) is 17.1 Å². The molecule has 586 valence electrons. The number of hydrogen-bond acceptors (Lipinski definition) is 7. The Bertz CT molecular complexity index is 9250. The van der Waals surface area contributed by atoms with Crippen molar-refractivity contribution < 1.29 is 41.3 Å². The fraction of sp³-hybridized carbons (Fsp3) is 0. The van der Waals surface area contributed by atoms with Gasteiger partial charge in [-0.15, -0.1) is 0 Å². The molecule has 0 radical (unpaired) electrons. The molecule has 0 saturated heterocycles. The topological polar surface area (TPSA) is 44.6 Å². The summed E-state index contributed by atoms with van der Waals surface area (Å²) in [7, 11) is 0. The Morgan fingerprint density at radius 2 is 0.544 bits per heavy atom. The Morgan fingerprint density at radius 1 is 0.192 bits per heavy atom. The Morgan fingerprint density at radius 3 is 1.05 bits per heavy atom. The summed E-state index contributed by atoms with van der Waals surface area (Å²) < 4.78 is 192. The highest BCUT2D eigenvalue weighted by molar-refractivity contribution is 6.27. The Hall–Kier alpha value is -16.7. The van der Waals surface area contributed by atoms with Crippen molar-refractivity contribution in [1.29, 1.82) is 0 Å². The summed E-state index contributed by atoms with van der Waals surface area (Å²) in [5, 5.41) is 16.6. The van der Waals surface area contributed by atoms with Gasteiger partial charge < -0.3 is 33.5 Å². The average Bonchev–Trinajstić information content (AvgIpc) is 0.969. The van der Waals surface area contributed by atoms with Gasteiger partial charge in [-0.1, -0.05) is 267 Å². The number of para-hydroxylation sites is 8. The van der Waals surface area contributed by atoms with E-state index in [9.17, 15) is 0 Å². The van der Waals surface area contributed by atoms with E-state index in [0.717, 1.165) is 137 Å². The molecule has 2 aliphatic heterocycles. The molecule has 125 heavy (non-hydrogen) atoms. The lowest BCUT2D eigenvalue weighted by Crippen LogP contribution is -2.10. The van der Waals surface area contributed by atoms with Crippen molar-refractivity contribution in [1.82, 2.24) is 0 Å². The molecule has 3 heterocycles. The third-order valence-corrected chi connectivity index (χ3v) is 23.7. The first-order valence-corrected chi connectivity index (χ1v) is 40.9. The quantitative estimate of drug-likeness (QED) is 0.101. The summed E-state index contributed by atoms with van der Waals surface area (Å²) in [6, 6.07) is 102. The average molecular weight is 1620 g/mol. The van der Waals surface area contributed by atoms with Crippen molar-refractivity contribution in [2.45, 2.75) is 0 Å². The molecular weight excluding hydrogens is 1520 g/mol. The normalized spacial score (nSPS) is 14.0. The zero-order valence-corrected chi connectivity index (χ0v) is 66.3. The molecule has 2 aliphatic rings. The maximum Gasteiger partial charge on any atom is 0.159 e. The van der Waals surface area contributed by atoms with E-state index < -0.39 is 144 Å². The van der Waals surface area contributed by atoms with Gasteiger partial charge >= 0.3 is 0 Å². The van der Waals surface area contributed by atoms with Crippen molar-refractivity contribution in [3.63, 3.8) is 0 Å². The van der Waals surface area contributed by atoms with Crippen LogP contribution < -0.4 is 29.1 Å². The first kappa shape index (κ1) is 54.4. The zero-order valence-electron chi connectivity index (χ0n) is 86.3. The van der Waals surface area contributed by atoms with Crippen LogP contribution in [0.2, 0.25) is 0 Å². The smallest absolute Gasteiger partial charge is 0.159 e. The molecule has 0 fully saturated rings. The fourth-order valence-electron chi connectivity index (χ4n) is 18.3. The van der Waals surface area contributed by atoms with Crippen molar-refractivity contribution in [3.8, 4) is 67.5 Å². The van der Waals surface area contributed by atoms with Crippen LogP contribution in [0.15, 0.2) is 465 Å². The molecule has 7 heteroatoms. The molecule has 0 amide bonds. The van der Waals surface area contributed by atoms with Gasteiger partial charge in [-0.3, -0.25) is 0 Å². The van der Waals surface area contributed by atoms with Crippen LogP contribution in [0.25, 0.3) is 142 Å². The molecule has 0 bridgehead atoms. The lowest BCUT2D eigenvalue weighted by atomic mass is 9.86. The van der Waals surface area contributed by atoms with E-state index in [1.54, 1.807) is 42.5 Å². The van der Waals surface area contributed by atoms with Crippen molar-refractivity contribution in [3.05, 3.63) is 461 Å². The van der Waals surface area contributed by atoms with Gasteiger partial charge in [0.05, 0.1) is 33.1 Å². The third kappa shape index (κ3) is 12.5. The maximum absolute atomic E-state index is 8.93. The Kier molecular flexibility index (Phi) is 13.2. The second-order valence-corrected chi connectivity index (χ2v) is 30.7. The predicted octanol–water partition coefficient (Wildman–Crippen LogP) is 34.1. The van der Waals surface area contributed by atoms with Gasteiger partial charge in [-0.2, -0.15) is 0 Å². The monoisotopic (exact) mass is 1620 g/mol. The lowest BCUT2D eigenvalue weighted by molar-refractivity contribution is 0.487. The van der Waals surface area contributed by atoms with Gasteiger partial charge in [0.25, 0.3) is 0 Å². The minimum atomic E-state index is -0.696. The molecule has 7 nitrogen and oxygen atoms in total. The van der Waals surface area contributed by atoms with E-state index in [1.807, 2.05) is 60.7 Å².